The van der Waals surface area contributed by atoms with Crippen molar-refractivity contribution in [3.63, 3.8) is 0 Å². The zero-order valence-corrected chi connectivity index (χ0v) is 10.8. The number of rotatable bonds is 5. The van der Waals surface area contributed by atoms with Gasteiger partial charge in [-0.1, -0.05) is 24.3 Å². The van der Waals surface area contributed by atoms with Crippen molar-refractivity contribution in [2.75, 3.05) is 6.61 Å². The monoisotopic (exact) mass is 256 g/mol. The predicted octanol–water partition coefficient (Wildman–Crippen LogP) is 2.09. The number of aromatic nitrogens is 1. The van der Waals surface area contributed by atoms with Gasteiger partial charge in [0.05, 0.1) is 12.2 Å². The molecule has 0 saturated carbocycles. The molecule has 0 saturated heterocycles. The van der Waals surface area contributed by atoms with E-state index in [4.69, 9.17) is 4.74 Å². The van der Waals surface area contributed by atoms with Crippen molar-refractivity contribution in [2.45, 2.75) is 13.5 Å². The lowest BCUT2D eigenvalue weighted by Gasteiger charge is -2.09. The van der Waals surface area contributed by atoms with Crippen LogP contribution in [-0.2, 0) is 11.3 Å². The quantitative estimate of drug-likeness (QED) is 0.891. The summed E-state index contributed by atoms with van der Waals surface area (Å²) in [5.41, 5.74) is 1.84. The molecule has 4 nitrogen and oxygen atoms in total. The van der Waals surface area contributed by atoms with Crippen LogP contribution < -0.4 is 10.1 Å². The molecule has 1 amide bonds. The Bertz CT molecular complexity index is 541. The number of carbonyl (C=O) groups is 1. The van der Waals surface area contributed by atoms with Gasteiger partial charge in [0.15, 0.2) is 6.61 Å². The standard InChI is InChI=1S/C15H16N2O2/c1-12-6-2-3-8-14(12)19-11-15(18)17-10-13-7-4-5-9-16-13/h2-9H,10-11H2,1H3,(H,17,18). The van der Waals surface area contributed by atoms with E-state index in [9.17, 15) is 4.79 Å². The van der Waals surface area contributed by atoms with Crippen molar-refractivity contribution in [1.82, 2.24) is 10.3 Å². The largest absolute Gasteiger partial charge is 0.484 e. The van der Waals surface area contributed by atoms with E-state index in [0.717, 1.165) is 17.0 Å². The van der Waals surface area contributed by atoms with Gasteiger partial charge >= 0.3 is 0 Å². The maximum absolute atomic E-state index is 11.6. The number of carbonyl (C=O) groups excluding carboxylic acids is 1. The SMILES string of the molecule is Cc1ccccc1OCC(=O)NCc1ccccn1. The van der Waals surface area contributed by atoms with Crippen LogP contribution in [0.2, 0.25) is 0 Å². The van der Waals surface area contributed by atoms with Gasteiger partial charge in [0, 0.05) is 6.20 Å². The van der Waals surface area contributed by atoms with Gasteiger partial charge in [-0.05, 0) is 30.7 Å². The van der Waals surface area contributed by atoms with Crippen molar-refractivity contribution >= 4 is 5.91 Å². The van der Waals surface area contributed by atoms with Gasteiger partial charge in [-0.15, -0.1) is 0 Å². The fraction of sp³-hybridized carbons (Fsp3) is 0.200. The molecule has 1 N–H and O–H groups in total. The fourth-order valence-electron chi connectivity index (χ4n) is 1.60. The van der Waals surface area contributed by atoms with Gasteiger partial charge in [0.2, 0.25) is 0 Å². The van der Waals surface area contributed by atoms with E-state index in [-0.39, 0.29) is 12.5 Å². The Balaban J connectivity index is 1.78. The molecule has 0 bridgehead atoms. The normalized spacial score (nSPS) is 9.95. The second-order valence-corrected chi connectivity index (χ2v) is 4.15. The van der Waals surface area contributed by atoms with E-state index in [1.165, 1.54) is 0 Å². The van der Waals surface area contributed by atoms with E-state index >= 15 is 0 Å². The molecule has 4 heteroatoms. The van der Waals surface area contributed by atoms with Crippen LogP contribution >= 0.6 is 0 Å². The molecule has 2 rings (SSSR count). The van der Waals surface area contributed by atoms with E-state index in [1.54, 1.807) is 6.20 Å². The smallest absolute Gasteiger partial charge is 0.258 e. The topological polar surface area (TPSA) is 51.2 Å². The third kappa shape index (κ3) is 4.10. The van der Waals surface area contributed by atoms with Crippen LogP contribution in [0.3, 0.4) is 0 Å². The zero-order chi connectivity index (χ0) is 13.5. The van der Waals surface area contributed by atoms with Crippen LogP contribution in [-0.4, -0.2) is 17.5 Å². The molecule has 0 aliphatic rings. The van der Waals surface area contributed by atoms with Gasteiger partial charge in [-0.25, -0.2) is 0 Å². The minimum Gasteiger partial charge on any atom is -0.484 e. The van der Waals surface area contributed by atoms with E-state index in [2.05, 4.69) is 10.3 Å². The van der Waals surface area contributed by atoms with Crippen molar-refractivity contribution in [3.05, 3.63) is 59.9 Å². The number of amides is 1. The van der Waals surface area contributed by atoms with Crippen molar-refractivity contribution in [3.8, 4) is 5.75 Å². The maximum atomic E-state index is 11.6. The Morgan fingerprint density at radius 2 is 2.00 bits per heavy atom. The highest BCUT2D eigenvalue weighted by molar-refractivity contribution is 5.77. The van der Waals surface area contributed by atoms with Crippen LogP contribution in [0.5, 0.6) is 5.75 Å². The molecular weight excluding hydrogens is 240 g/mol. The highest BCUT2D eigenvalue weighted by Crippen LogP contribution is 2.15. The Morgan fingerprint density at radius 3 is 2.74 bits per heavy atom. The number of hydrogen-bond donors (Lipinski definition) is 1. The second kappa shape index (κ2) is 6.54. The second-order valence-electron chi connectivity index (χ2n) is 4.15. The van der Waals surface area contributed by atoms with E-state index < -0.39 is 0 Å². The van der Waals surface area contributed by atoms with Gasteiger partial charge in [0.1, 0.15) is 5.75 Å². The van der Waals surface area contributed by atoms with Crippen molar-refractivity contribution < 1.29 is 9.53 Å². The summed E-state index contributed by atoms with van der Waals surface area (Å²) in [5, 5.41) is 2.76. The highest BCUT2D eigenvalue weighted by Gasteiger charge is 2.04. The number of para-hydroxylation sites is 1. The van der Waals surface area contributed by atoms with E-state index in [1.807, 2.05) is 49.4 Å². The molecule has 98 valence electrons. The summed E-state index contributed by atoms with van der Waals surface area (Å²) in [4.78, 5) is 15.8. The highest BCUT2D eigenvalue weighted by atomic mass is 16.5. The van der Waals surface area contributed by atoms with Gasteiger partial charge in [-0.2, -0.15) is 0 Å². The molecule has 1 aromatic carbocycles. The summed E-state index contributed by atoms with van der Waals surface area (Å²) >= 11 is 0. The number of benzene rings is 1. The van der Waals surface area contributed by atoms with Gasteiger partial charge in [0.25, 0.3) is 5.91 Å². The van der Waals surface area contributed by atoms with Crippen LogP contribution in [0.1, 0.15) is 11.3 Å². The van der Waals surface area contributed by atoms with Crippen LogP contribution in [0.4, 0.5) is 0 Å². The Labute approximate surface area is 112 Å². The van der Waals surface area contributed by atoms with Crippen LogP contribution in [0, 0.1) is 6.92 Å². The zero-order valence-electron chi connectivity index (χ0n) is 10.8. The Hall–Kier alpha value is -2.36. The van der Waals surface area contributed by atoms with Crippen LogP contribution in [0.25, 0.3) is 0 Å². The molecule has 0 spiro atoms. The average Bonchev–Trinajstić information content (AvgIpc) is 2.45. The molecule has 0 aliphatic heterocycles. The lowest BCUT2D eigenvalue weighted by Crippen LogP contribution is -2.28. The number of nitrogens with zero attached hydrogens (tertiary/aromatic N) is 1. The molecule has 0 unspecified atom stereocenters. The maximum Gasteiger partial charge on any atom is 0.258 e. The lowest BCUT2D eigenvalue weighted by atomic mass is 10.2. The Morgan fingerprint density at radius 1 is 1.21 bits per heavy atom. The van der Waals surface area contributed by atoms with Gasteiger partial charge < -0.3 is 10.1 Å². The van der Waals surface area contributed by atoms with Crippen molar-refractivity contribution in [1.29, 1.82) is 0 Å². The molecule has 0 radical (unpaired) electrons. The van der Waals surface area contributed by atoms with Gasteiger partial charge in [-0.3, -0.25) is 9.78 Å². The average molecular weight is 256 g/mol. The first-order valence-electron chi connectivity index (χ1n) is 6.11. The first kappa shape index (κ1) is 13.1. The summed E-state index contributed by atoms with van der Waals surface area (Å²) in [6.07, 6.45) is 1.70. The van der Waals surface area contributed by atoms with Crippen molar-refractivity contribution in [2.24, 2.45) is 0 Å². The molecule has 0 aliphatic carbocycles. The summed E-state index contributed by atoms with van der Waals surface area (Å²) in [6.45, 7) is 2.37. The Kier molecular flexibility index (Phi) is 4.50. The number of aryl methyl sites for hydroxylation is 1. The molecular formula is C15H16N2O2. The molecule has 2 aromatic rings. The molecule has 1 heterocycles. The summed E-state index contributed by atoms with van der Waals surface area (Å²) in [7, 11) is 0. The summed E-state index contributed by atoms with van der Waals surface area (Å²) < 4.78 is 5.45. The predicted molar refractivity (Wildman–Crippen MR) is 72.8 cm³/mol. The summed E-state index contributed by atoms with van der Waals surface area (Å²) in [6, 6.07) is 13.2. The fourth-order valence-corrected chi connectivity index (χ4v) is 1.60. The minimum atomic E-state index is -0.158. The summed E-state index contributed by atoms with van der Waals surface area (Å²) in [5.74, 6) is 0.574. The first-order chi connectivity index (χ1) is 9.25. The minimum absolute atomic E-state index is 0.0116. The number of pyridine rings is 1. The first-order valence-corrected chi connectivity index (χ1v) is 6.11. The number of nitrogens with one attached hydrogen (secondary N) is 1. The molecule has 0 fully saturated rings. The van der Waals surface area contributed by atoms with E-state index in [0.29, 0.717) is 6.54 Å². The molecule has 19 heavy (non-hydrogen) atoms. The molecule has 1 aromatic heterocycles. The number of ether oxygens (including phenoxy) is 1. The molecule has 0 atom stereocenters. The number of hydrogen-bond acceptors (Lipinski definition) is 3. The lowest BCUT2D eigenvalue weighted by molar-refractivity contribution is -0.123. The third-order valence-corrected chi connectivity index (χ3v) is 2.65. The van der Waals surface area contributed by atoms with Crippen LogP contribution in [0.15, 0.2) is 48.7 Å². The third-order valence-electron chi connectivity index (χ3n) is 2.65.